The molecule has 0 aromatic heterocycles. The van der Waals surface area contributed by atoms with Gasteiger partial charge in [-0.25, -0.2) is 0 Å². The summed E-state index contributed by atoms with van der Waals surface area (Å²) in [6, 6.07) is 9.47. The molecule has 0 aliphatic rings. The molecule has 1 aromatic carbocycles. The first kappa shape index (κ1) is 15.0. The van der Waals surface area contributed by atoms with Crippen LogP contribution in [0.2, 0.25) is 0 Å². The van der Waals surface area contributed by atoms with Crippen molar-refractivity contribution in [3.63, 3.8) is 0 Å². The fourth-order valence-corrected chi connectivity index (χ4v) is 2.22. The van der Waals surface area contributed by atoms with Gasteiger partial charge in [-0.05, 0) is 51.1 Å². The number of allylic oxidation sites excluding steroid dienone is 1. The first-order chi connectivity index (χ1) is 8.76. The molecule has 0 bridgehead atoms. The average molecular weight is 245 g/mol. The van der Waals surface area contributed by atoms with Gasteiger partial charge < -0.3 is 5.32 Å². The van der Waals surface area contributed by atoms with Crippen LogP contribution in [0.4, 0.5) is 0 Å². The largest absolute Gasteiger partial charge is 0.314 e. The van der Waals surface area contributed by atoms with Gasteiger partial charge >= 0.3 is 0 Å². The summed E-state index contributed by atoms with van der Waals surface area (Å²) in [5, 5.41) is 3.64. The van der Waals surface area contributed by atoms with Crippen molar-refractivity contribution >= 4 is 0 Å². The monoisotopic (exact) mass is 245 g/mol. The molecule has 18 heavy (non-hydrogen) atoms. The van der Waals surface area contributed by atoms with Crippen molar-refractivity contribution in [2.45, 2.75) is 52.0 Å². The van der Waals surface area contributed by atoms with Crippen molar-refractivity contribution in [1.29, 1.82) is 0 Å². The van der Waals surface area contributed by atoms with Gasteiger partial charge in [0.15, 0.2) is 0 Å². The van der Waals surface area contributed by atoms with E-state index in [4.69, 9.17) is 0 Å². The second-order valence-electron chi connectivity index (χ2n) is 5.04. The quantitative estimate of drug-likeness (QED) is 0.641. The molecule has 0 saturated carbocycles. The average Bonchev–Trinajstić information content (AvgIpc) is 2.38. The molecule has 0 aliphatic heterocycles. The van der Waals surface area contributed by atoms with E-state index in [1.165, 1.54) is 36.8 Å². The number of hydrogen-bond acceptors (Lipinski definition) is 1. The molecule has 0 radical (unpaired) electrons. The van der Waals surface area contributed by atoms with E-state index in [9.17, 15) is 0 Å². The highest BCUT2D eigenvalue weighted by Gasteiger charge is 2.06. The summed E-state index contributed by atoms with van der Waals surface area (Å²) in [6.07, 6.45) is 7.92. The van der Waals surface area contributed by atoms with E-state index in [-0.39, 0.29) is 0 Å². The van der Waals surface area contributed by atoms with Crippen LogP contribution in [-0.2, 0) is 6.42 Å². The highest BCUT2D eigenvalue weighted by molar-refractivity contribution is 5.22. The molecule has 1 N–H and O–H groups in total. The van der Waals surface area contributed by atoms with Gasteiger partial charge in [-0.15, -0.1) is 6.58 Å². The summed E-state index contributed by atoms with van der Waals surface area (Å²) < 4.78 is 0. The van der Waals surface area contributed by atoms with Crippen LogP contribution in [-0.4, -0.2) is 12.6 Å². The zero-order chi connectivity index (χ0) is 13.2. The summed E-state index contributed by atoms with van der Waals surface area (Å²) >= 11 is 0. The van der Waals surface area contributed by atoms with E-state index in [0.29, 0.717) is 6.04 Å². The maximum Gasteiger partial charge on any atom is 0.00731 e. The Kier molecular flexibility index (Phi) is 7.43. The van der Waals surface area contributed by atoms with E-state index < -0.39 is 0 Å². The summed E-state index contributed by atoms with van der Waals surface area (Å²) in [5.41, 5.74) is 2.81. The van der Waals surface area contributed by atoms with Crippen LogP contribution in [0.15, 0.2) is 36.9 Å². The van der Waals surface area contributed by atoms with Crippen molar-refractivity contribution in [2.75, 3.05) is 6.54 Å². The second-order valence-corrected chi connectivity index (χ2v) is 5.04. The van der Waals surface area contributed by atoms with E-state index in [1.807, 2.05) is 6.08 Å². The highest BCUT2D eigenvalue weighted by atomic mass is 14.9. The minimum Gasteiger partial charge on any atom is -0.314 e. The van der Waals surface area contributed by atoms with Gasteiger partial charge in [-0.1, -0.05) is 42.8 Å². The molecule has 1 nitrogen and oxygen atoms in total. The zero-order valence-corrected chi connectivity index (χ0v) is 11.9. The van der Waals surface area contributed by atoms with E-state index in [2.05, 4.69) is 50.0 Å². The standard InChI is InChI=1S/C17H27N/c1-4-6-10-17(18-13-5-2)12-11-16-9-7-8-15(3)14-16/h4,7-9,14,17-18H,1,5-6,10-13H2,2-3H3. The van der Waals surface area contributed by atoms with Gasteiger partial charge in [0.05, 0.1) is 0 Å². The molecule has 0 heterocycles. The van der Waals surface area contributed by atoms with Gasteiger partial charge in [0, 0.05) is 6.04 Å². The van der Waals surface area contributed by atoms with Crippen molar-refractivity contribution in [2.24, 2.45) is 0 Å². The Labute approximate surface area is 112 Å². The highest BCUT2D eigenvalue weighted by Crippen LogP contribution is 2.11. The van der Waals surface area contributed by atoms with Crippen molar-refractivity contribution in [3.8, 4) is 0 Å². The summed E-state index contributed by atoms with van der Waals surface area (Å²) in [4.78, 5) is 0. The minimum atomic E-state index is 0.628. The molecule has 0 aliphatic carbocycles. The van der Waals surface area contributed by atoms with Gasteiger partial charge in [0.2, 0.25) is 0 Å². The maximum atomic E-state index is 3.82. The number of hydrogen-bond donors (Lipinski definition) is 1. The molecule has 1 heteroatoms. The van der Waals surface area contributed by atoms with Gasteiger partial charge in [-0.2, -0.15) is 0 Å². The number of rotatable bonds is 9. The van der Waals surface area contributed by atoms with Gasteiger partial charge in [0.25, 0.3) is 0 Å². The SMILES string of the molecule is C=CCCC(CCc1cccc(C)c1)NCCC. The number of aryl methyl sites for hydroxylation is 2. The van der Waals surface area contributed by atoms with Gasteiger partial charge in [0.1, 0.15) is 0 Å². The Morgan fingerprint density at radius 3 is 2.83 bits per heavy atom. The van der Waals surface area contributed by atoms with Crippen LogP contribution in [0.1, 0.15) is 43.7 Å². The molecule has 0 amide bonds. The lowest BCUT2D eigenvalue weighted by atomic mass is 10.0. The zero-order valence-electron chi connectivity index (χ0n) is 11.9. The normalized spacial score (nSPS) is 12.3. The Morgan fingerprint density at radius 2 is 2.17 bits per heavy atom. The fraction of sp³-hybridized carbons (Fsp3) is 0.529. The predicted octanol–water partition coefficient (Wildman–Crippen LogP) is 4.26. The Balaban J connectivity index is 2.41. The molecule has 0 fully saturated rings. The second kappa shape index (κ2) is 8.93. The van der Waals surface area contributed by atoms with Crippen molar-refractivity contribution in [1.82, 2.24) is 5.32 Å². The fourth-order valence-electron chi connectivity index (χ4n) is 2.22. The Morgan fingerprint density at radius 1 is 1.33 bits per heavy atom. The van der Waals surface area contributed by atoms with Crippen LogP contribution >= 0.6 is 0 Å². The molecular weight excluding hydrogens is 218 g/mol. The van der Waals surface area contributed by atoms with Crippen molar-refractivity contribution in [3.05, 3.63) is 48.0 Å². The molecule has 1 atom stereocenters. The molecule has 1 aromatic rings. The van der Waals surface area contributed by atoms with Crippen LogP contribution in [0, 0.1) is 6.92 Å². The van der Waals surface area contributed by atoms with Crippen molar-refractivity contribution < 1.29 is 0 Å². The summed E-state index contributed by atoms with van der Waals surface area (Å²) in [5.74, 6) is 0. The van der Waals surface area contributed by atoms with E-state index in [1.54, 1.807) is 0 Å². The third-order valence-corrected chi connectivity index (χ3v) is 3.27. The molecule has 1 rings (SSSR count). The summed E-state index contributed by atoms with van der Waals surface area (Å²) in [7, 11) is 0. The smallest absolute Gasteiger partial charge is 0.00731 e. The van der Waals surface area contributed by atoms with Gasteiger partial charge in [-0.3, -0.25) is 0 Å². The maximum absolute atomic E-state index is 3.82. The third kappa shape index (κ3) is 6.02. The molecule has 0 saturated heterocycles. The Hall–Kier alpha value is -1.08. The molecule has 100 valence electrons. The van der Waals surface area contributed by atoms with Crippen LogP contribution in [0.5, 0.6) is 0 Å². The lowest BCUT2D eigenvalue weighted by Crippen LogP contribution is -2.30. The first-order valence-electron chi connectivity index (χ1n) is 7.16. The third-order valence-electron chi connectivity index (χ3n) is 3.27. The number of nitrogens with one attached hydrogen (secondary N) is 1. The van der Waals surface area contributed by atoms with Crippen LogP contribution in [0.3, 0.4) is 0 Å². The van der Waals surface area contributed by atoms with E-state index in [0.717, 1.165) is 13.0 Å². The minimum absolute atomic E-state index is 0.628. The molecular formula is C17H27N. The van der Waals surface area contributed by atoms with E-state index >= 15 is 0 Å². The lowest BCUT2D eigenvalue weighted by Gasteiger charge is -2.18. The molecule has 0 spiro atoms. The number of benzene rings is 1. The Bertz CT molecular complexity index is 343. The predicted molar refractivity (Wildman–Crippen MR) is 81.0 cm³/mol. The lowest BCUT2D eigenvalue weighted by molar-refractivity contribution is 0.456. The van der Waals surface area contributed by atoms with Crippen LogP contribution < -0.4 is 5.32 Å². The van der Waals surface area contributed by atoms with Crippen LogP contribution in [0.25, 0.3) is 0 Å². The molecule has 1 unspecified atom stereocenters. The first-order valence-corrected chi connectivity index (χ1v) is 7.16. The summed E-state index contributed by atoms with van der Waals surface area (Å²) in [6.45, 7) is 9.32. The topological polar surface area (TPSA) is 12.0 Å².